The summed E-state index contributed by atoms with van der Waals surface area (Å²) in [4.78, 5) is 2.28. The van der Waals surface area contributed by atoms with Crippen molar-refractivity contribution in [2.24, 2.45) is 11.6 Å². The van der Waals surface area contributed by atoms with Crippen molar-refractivity contribution in [3.8, 4) is 11.1 Å². The highest BCUT2D eigenvalue weighted by Gasteiger charge is 2.16. The van der Waals surface area contributed by atoms with Gasteiger partial charge in [0.15, 0.2) is 0 Å². The highest BCUT2D eigenvalue weighted by atomic mass is 16.5. The van der Waals surface area contributed by atoms with Crippen molar-refractivity contribution >= 4 is 17.1 Å². The van der Waals surface area contributed by atoms with E-state index in [1.165, 1.54) is 5.56 Å². The molecule has 3 rings (SSSR count). The molecule has 0 aliphatic rings. The van der Waals surface area contributed by atoms with Gasteiger partial charge in [0.05, 0.1) is 11.4 Å². The first kappa shape index (κ1) is 19.5. The molecule has 0 fully saturated rings. The van der Waals surface area contributed by atoms with Gasteiger partial charge in [0.1, 0.15) is 5.76 Å². The van der Waals surface area contributed by atoms with Crippen LogP contribution in [-0.2, 0) is 0 Å². The monoisotopic (exact) mass is 377 g/mol. The minimum Gasteiger partial charge on any atom is -0.397 e. The van der Waals surface area contributed by atoms with Crippen molar-refractivity contribution in [1.82, 2.24) is 10.6 Å². The van der Waals surface area contributed by atoms with E-state index >= 15 is 0 Å². The first-order valence-corrected chi connectivity index (χ1v) is 9.29. The minimum atomic E-state index is 0.591. The van der Waals surface area contributed by atoms with Gasteiger partial charge in [-0.05, 0) is 62.6 Å². The normalized spacial score (nSPS) is 11.5. The number of aryl methyl sites for hydroxylation is 3. The predicted octanol–water partition coefficient (Wildman–Crippen LogP) is 4.15. The SMILES string of the molecule is CCN(c1ccc(/C(N)=C/NN)cc1)c1cc(-c2c(C)noc2C)ccc1C. The second-order valence-corrected chi connectivity index (χ2v) is 6.76. The molecule has 0 unspecified atom stereocenters. The molecule has 2 aromatic carbocycles. The molecular formula is C22H27N5O. The summed E-state index contributed by atoms with van der Waals surface area (Å²) in [6.45, 7) is 9.01. The summed E-state index contributed by atoms with van der Waals surface area (Å²) in [5, 5.41) is 4.09. The lowest BCUT2D eigenvalue weighted by Crippen LogP contribution is -2.18. The summed E-state index contributed by atoms with van der Waals surface area (Å²) in [5.41, 5.74) is 16.5. The number of hydrazine groups is 1. The van der Waals surface area contributed by atoms with Crippen LogP contribution in [0.25, 0.3) is 16.8 Å². The zero-order chi connectivity index (χ0) is 20.3. The lowest BCUT2D eigenvalue weighted by Gasteiger charge is -2.26. The van der Waals surface area contributed by atoms with E-state index in [4.69, 9.17) is 16.1 Å². The summed E-state index contributed by atoms with van der Waals surface area (Å²) in [7, 11) is 0. The Morgan fingerprint density at radius 1 is 1.14 bits per heavy atom. The molecule has 28 heavy (non-hydrogen) atoms. The number of nitrogens with one attached hydrogen (secondary N) is 1. The van der Waals surface area contributed by atoms with Gasteiger partial charge in [-0.3, -0.25) is 5.84 Å². The van der Waals surface area contributed by atoms with E-state index in [1.807, 2.05) is 26.0 Å². The predicted molar refractivity (Wildman–Crippen MR) is 115 cm³/mol. The zero-order valence-electron chi connectivity index (χ0n) is 16.8. The molecule has 5 N–H and O–H groups in total. The largest absolute Gasteiger partial charge is 0.397 e. The fraction of sp³-hybridized carbons (Fsp3) is 0.227. The molecule has 0 radical (unpaired) electrons. The maximum Gasteiger partial charge on any atom is 0.141 e. The van der Waals surface area contributed by atoms with Crippen LogP contribution in [0.4, 0.5) is 11.4 Å². The fourth-order valence-electron chi connectivity index (χ4n) is 3.45. The Balaban J connectivity index is 2.01. The molecule has 0 aliphatic heterocycles. The van der Waals surface area contributed by atoms with Crippen LogP contribution >= 0.6 is 0 Å². The van der Waals surface area contributed by atoms with E-state index in [-0.39, 0.29) is 0 Å². The van der Waals surface area contributed by atoms with Crippen molar-refractivity contribution < 1.29 is 4.52 Å². The van der Waals surface area contributed by atoms with Crippen LogP contribution in [0.1, 0.15) is 29.5 Å². The minimum absolute atomic E-state index is 0.591. The molecule has 1 heterocycles. The molecule has 0 spiro atoms. The molecular weight excluding hydrogens is 350 g/mol. The van der Waals surface area contributed by atoms with Gasteiger partial charge in [-0.2, -0.15) is 0 Å². The third-order valence-electron chi connectivity index (χ3n) is 4.89. The van der Waals surface area contributed by atoms with Gasteiger partial charge in [0.25, 0.3) is 0 Å². The third-order valence-corrected chi connectivity index (χ3v) is 4.89. The highest BCUT2D eigenvalue weighted by Crippen LogP contribution is 2.35. The zero-order valence-corrected chi connectivity index (χ0v) is 16.8. The molecule has 6 nitrogen and oxygen atoms in total. The van der Waals surface area contributed by atoms with E-state index in [0.29, 0.717) is 5.70 Å². The molecule has 3 aromatic rings. The van der Waals surface area contributed by atoms with Crippen LogP contribution in [0.3, 0.4) is 0 Å². The number of hydrogen-bond donors (Lipinski definition) is 3. The Morgan fingerprint density at radius 3 is 2.43 bits per heavy atom. The van der Waals surface area contributed by atoms with Crippen LogP contribution in [0.2, 0.25) is 0 Å². The summed E-state index contributed by atoms with van der Waals surface area (Å²) in [5.74, 6) is 6.14. The lowest BCUT2D eigenvalue weighted by atomic mass is 10.0. The molecule has 0 aliphatic carbocycles. The van der Waals surface area contributed by atoms with Gasteiger partial charge in [0, 0.05) is 29.7 Å². The van der Waals surface area contributed by atoms with Crippen molar-refractivity contribution in [2.75, 3.05) is 11.4 Å². The van der Waals surface area contributed by atoms with Gasteiger partial charge in [-0.1, -0.05) is 29.4 Å². The number of benzene rings is 2. The van der Waals surface area contributed by atoms with E-state index in [0.717, 1.165) is 46.1 Å². The second-order valence-electron chi connectivity index (χ2n) is 6.76. The van der Waals surface area contributed by atoms with Crippen LogP contribution < -0.4 is 21.9 Å². The quantitative estimate of drug-likeness (QED) is 0.441. The van der Waals surface area contributed by atoms with Gasteiger partial charge in [-0.15, -0.1) is 0 Å². The lowest BCUT2D eigenvalue weighted by molar-refractivity contribution is 0.393. The number of anilines is 2. The van der Waals surface area contributed by atoms with Crippen molar-refractivity contribution in [3.63, 3.8) is 0 Å². The van der Waals surface area contributed by atoms with E-state index in [2.05, 4.69) is 59.7 Å². The van der Waals surface area contributed by atoms with Gasteiger partial charge in [0.2, 0.25) is 0 Å². The number of aromatic nitrogens is 1. The summed E-state index contributed by atoms with van der Waals surface area (Å²) in [6, 6.07) is 14.6. The van der Waals surface area contributed by atoms with Crippen molar-refractivity contribution in [1.29, 1.82) is 0 Å². The van der Waals surface area contributed by atoms with Crippen molar-refractivity contribution in [3.05, 3.63) is 71.2 Å². The number of nitrogens with zero attached hydrogens (tertiary/aromatic N) is 2. The second kappa shape index (κ2) is 8.19. The maximum atomic E-state index is 5.99. The molecule has 0 amide bonds. The summed E-state index contributed by atoms with van der Waals surface area (Å²) < 4.78 is 5.35. The topological polar surface area (TPSA) is 93.3 Å². The standard InChI is InChI=1S/C22H27N5O/c1-5-27(19-10-8-17(9-11-19)20(23)13-25-24)21-12-18(7-6-14(21)2)22-15(3)26-28-16(22)4/h6-13,25H,5,23-24H2,1-4H3/b20-13-. The Morgan fingerprint density at radius 2 is 1.86 bits per heavy atom. The van der Waals surface area contributed by atoms with Gasteiger partial charge >= 0.3 is 0 Å². The summed E-state index contributed by atoms with van der Waals surface area (Å²) in [6.07, 6.45) is 1.57. The summed E-state index contributed by atoms with van der Waals surface area (Å²) >= 11 is 0. The van der Waals surface area contributed by atoms with Crippen LogP contribution in [0, 0.1) is 20.8 Å². The number of nitrogens with two attached hydrogens (primary N) is 2. The van der Waals surface area contributed by atoms with Crippen LogP contribution in [0.5, 0.6) is 0 Å². The highest BCUT2D eigenvalue weighted by molar-refractivity contribution is 5.77. The fourth-order valence-corrected chi connectivity index (χ4v) is 3.45. The molecule has 0 atom stereocenters. The molecule has 0 bridgehead atoms. The first-order chi connectivity index (χ1) is 13.5. The molecule has 1 aromatic heterocycles. The van der Waals surface area contributed by atoms with E-state index < -0.39 is 0 Å². The number of hydrogen-bond acceptors (Lipinski definition) is 6. The smallest absolute Gasteiger partial charge is 0.141 e. The van der Waals surface area contributed by atoms with Gasteiger partial charge < -0.3 is 20.6 Å². The van der Waals surface area contributed by atoms with Gasteiger partial charge in [-0.25, -0.2) is 0 Å². The van der Waals surface area contributed by atoms with Crippen molar-refractivity contribution in [2.45, 2.75) is 27.7 Å². The molecule has 6 heteroatoms. The Hall–Kier alpha value is -3.25. The molecule has 0 saturated heterocycles. The first-order valence-electron chi connectivity index (χ1n) is 9.29. The van der Waals surface area contributed by atoms with Crippen LogP contribution in [-0.4, -0.2) is 11.7 Å². The average molecular weight is 377 g/mol. The van der Waals surface area contributed by atoms with E-state index in [9.17, 15) is 0 Å². The molecule has 146 valence electrons. The van der Waals surface area contributed by atoms with E-state index in [1.54, 1.807) is 6.20 Å². The Kier molecular flexibility index (Phi) is 5.70. The average Bonchev–Trinajstić information content (AvgIpc) is 3.03. The van der Waals surface area contributed by atoms with Crippen LogP contribution in [0.15, 0.2) is 53.2 Å². The maximum absolute atomic E-state index is 5.99. The Labute approximate surface area is 165 Å². The number of rotatable bonds is 6. The Bertz CT molecular complexity index is 969. The molecule has 0 saturated carbocycles. The third kappa shape index (κ3) is 3.73.